The lowest BCUT2D eigenvalue weighted by atomic mass is 10.0. The first kappa shape index (κ1) is 55.5. The van der Waals surface area contributed by atoms with Crippen LogP contribution in [0, 0.1) is 0 Å². The second kappa shape index (κ2) is 46.0. The van der Waals surface area contributed by atoms with Crippen molar-refractivity contribution in [3.63, 3.8) is 0 Å². The molecule has 0 bridgehead atoms. The Balaban J connectivity index is 1.67. The predicted molar refractivity (Wildman–Crippen MR) is 227 cm³/mol. The molecular formula is C44H79NO15. The molecule has 0 saturated heterocycles. The molecule has 0 heterocycles. The van der Waals surface area contributed by atoms with Crippen LogP contribution in [0.5, 0.6) is 5.75 Å². The highest BCUT2D eigenvalue weighted by molar-refractivity contribution is 5.80. The molecule has 16 nitrogen and oxygen atoms in total. The molecule has 0 spiro atoms. The molecular weight excluding hydrogens is 782 g/mol. The van der Waals surface area contributed by atoms with E-state index < -0.39 is 5.97 Å². The maximum atomic E-state index is 11.4. The molecule has 0 aliphatic heterocycles. The fourth-order valence-electron chi connectivity index (χ4n) is 5.27. The summed E-state index contributed by atoms with van der Waals surface area (Å²) in [6.45, 7) is 14.0. The van der Waals surface area contributed by atoms with E-state index in [9.17, 15) is 9.59 Å². The van der Waals surface area contributed by atoms with Crippen LogP contribution >= 0.6 is 0 Å². The molecule has 0 aliphatic rings. The zero-order valence-electron chi connectivity index (χ0n) is 36.7. The van der Waals surface area contributed by atoms with Gasteiger partial charge < -0.3 is 67.3 Å². The van der Waals surface area contributed by atoms with Crippen LogP contribution in [0.25, 0.3) is 0 Å². The van der Waals surface area contributed by atoms with Gasteiger partial charge in [-0.25, -0.2) is 0 Å². The number of aryl methyl sites for hydroxylation is 1. The first-order valence-corrected chi connectivity index (χ1v) is 22.2. The maximum absolute atomic E-state index is 11.4. The molecule has 0 unspecified atom stereocenters. The number of unbranched alkanes of at least 4 members (excludes halogenated alkanes) is 6. The van der Waals surface area contributed by atoms with E-state index in [2.05, 4.69) is 24.4 Å². The van der Waals surface area contributed by atoms with E-state index in [1.54, 1.807) is 0 Å². The Hall–Kier alpha value is -2.48. The number of benzene rings is 1. The number of carbonyl (C=O) groups is 2. The highest BCUT2D eigenvalue weighted by Crippen LogP contribution is 2.15. The van der Waals surface area contributed by atoms with Crippen molar-refractivity contribution in [3.8, 4) is 5.75 Å². The molecule has 1 aromatic carbocycles. The van der Waals surface area contributed by atoms with E-state index in [0.717, 1.165) is 12.2 Å². The molecule has 0 atom stereocenters. The summed E-state index contributed by atoms with van der Waals surface area (Å²) in [7, 11) is 0. The van der Waals surface area contributed by atoms with Crippen molar-refractivity contribution in [2.24, 2.45) is 0 Å². The molecule has 2 N–H and O–H groups in total. The van der Waals surface area contributed by atoms with Crippen molar-refractivity contribution in [2.45, 2.75) is 77.6 Å². The van der Waals surface area contributed by atoms with Crippen molar-refractivity contribution in [1.82, 2.24) is 5.32 Å². The summed E-state index contributed by atoms with van der Waals surface area (Å²) in [5.74, 6) is -0.370. The number of nitrogens with one attached hydrogen (secondary N) is 1. The normalized spacial score (nSPS) is 11.3. The van der Waals surface area contributed by atoms with E-state index in [1.165, 1.54) is 50.5 Å². The lowest BCUT2D eigenvalue weighted by molar-refractivity contribution is -0.138. The van der Waals surface area contributed by atoms with Crippen molar-refractivity contribution < 1.29 is 71.5 Å². The third-order valence-electron chi connectivity index (χ3n) is 8.56. The Labute approximate surface area is 359 Å². The molecule has 0 aliphatic carbocycles. The summed E-state index contributed by atoms with van der Waals surface area (Å²) in [5.41, 5.74) is 1.37. The van der Waals surface area contributed by atoms with Gasteiger partial charge in [-0.2, -0.15) is 0 Å². The van der Waals surface area contributed by atoms with Gasteiger partial charge in [0.1, 0.15) is 12.4 Å². The van der Waals surface area contributed by atoms with Gasteiger partial charge in [-0.15, -0.1) is 0 Å². The van der Waals surface area contributed by atoms with Crippen LogP contribution in [0.15, 0.2) is 24.3 Å². The monoisotopic (exact) mass is 862 g/mol. The summed E-state index contributed by atoms with van der Waals surface area (Å²) >= 11 is 0. The van der Waals surface area contributed by atoms with Crippen LogP contribution < -0.4 is 10.1 Å². The van der Waals surface area contributed by atoms with E-state index in [-0.39, 0.29) is 18.7 Å². The molecule has 60 heavy (non-hydrogen) atoms. The zero-order valence-corrected chi connectivity index (χ0v) is 36.7. The van der Waals surface area contributed by atoms with Crippen LogP contribution in [-0.4, -0.2) is 175 Å². The number of carbonyl (C=O) groups excluding carboxylic acids is 1. The van der Waals surface area contributed by atoms with Gasteiger partial charge in [-0.3, -0.25) is 9.59 Å². The number of hydrogen-bond acceptors (Lipinski definition) is 14. The third-order valence-corrected chi connectivity index (χ3v) is 8.56. The Kier molecular flexibility index (Phi) is 42.6. The Morgan fingerprint density at radius 3 is 1.17 bits per heavy atom. The fraction of sp³-hybridized carbons (Fsp3) is 0.818. The van der Waals surface area contributed by atoms with Gasteiger partial charge in [-0.1, -0.05) is 57.6 Å². The smallest absolute Gasteiger partial charge is 0.303 e. The largest absolute Gasteiger partial charge is 0.491 e. The SMILES string of the molecule is CCCCCCCCCc1ccc(OCCOCCOCCOCCOCCOCCOCCOCCOCCOCCOCCOCCCNC(=O)CCC(=O)O)cc1. The van der Waals surface area contributed by atoms with Gasteiger partial charge >= 0.3 is 5.97 Å². The number of aliphatic carboxylic acids is 1. The third kappa shape index (κ3) is 42.2. The van der Waals surface area contributed by atoms with Gasteiger partial charge in [0.05, 0.1) is 145 Å². The molecule has 350 valence electrons. The number of ether oxygens (including phenoxy) is 12. The minimum atomic E-state index is -0.983. The second-order valence-corrected chi connectivity index (χ2v) is 13.7. The number of carboxylic acid groups (broad SMARTS) is 1. The molecule has 0 radical (unpaired) electrons. The fourth-order valence-corrected chi connectivity index (χ4v) is 5.27. The van der Waals surface area contributed by atoms with Gasteiger partial charge in [0.15, 0.2) is 0 Å². The van der Waals surface area contributed by atoms with Gasteiger partial charge in [0.25, 0.3) is 0 Å². The summed E-state index contributed by atoms with van der Waals surface area (Å²) in [6, 6.07) is 8.43. The maximum Gasteiger partial charge on any atom is 0.303 e. The molecule has 1 rings (SSSR count). The molecule has 0 aromatic heterocycles. The molecule has 16 heteroatoms. The Morgan fingerprint density at radius 2 is 0.783 bits per heavy atom. The van der Waals surface area contributed by atoms with E-state index in [0.29, 0.717) is 165 Å². The average molecular weight is 862 g/mol. The minimum Gasteiger partial charge on any atom is -0.491 e. The van der Waals surface area contributed by atoms with Crippen LogP contribution in [0.4, 0.5) is 0 Å². The van der Waals surface area contributed by atoms with Crippen molar-refractivity contribution in [2.75, 3.05) is 159 Å². The van der Waals surface area contributed by atoms with Gasteiger partial charge in [-0.05, 0) is 37.0 Å². The van der Waals surface area contributed by atoms with Gasteiger partial charge in [0.2, 0.25) is 5.91 Å². The zero-order chi connectivity index (χ0) is 43.1. The minimum absolute atomic E-state index is 0.0113. The van der Waals surface area contributed by atoms with Crippen LogP contribution in [0.2, 0.25) is 0 Å². The summed E-state index contributed by atoms with van der Waals surface area (Å²) in [4.78, 5) is 21.8. The van der Waals surface area contributed by atoms with Gasteiger partial charge in [0, 0.05) is 19.6 Å². The van der Waals surface area contributed by atoms with E-state index in [4.69, 9.17) is 61.9 Å². The van der Waals surface area contributed by atoms with Crippen LogP contribution in [0.1, 0.15) is 76.7 Å². The summed E-state index contributed by atoms with van der Waals surface area (Å²) < 4.78 is 66.3. The number of rotatable bonds is 49. The highest BCUT2D eigenvalue weighted by atomic mass is 16.6. The lowest BCUT2D eigenvalue weighted by Gasteiger charge is -2.09. The number of carboxylic acids is 1. The van der Waals surface area contributed by atoms with Crippen molar-refractivity contribution in [1.29, 1.82) is 0 Å². The highest BCUT2D eigenvalue weighted by Gasteiger charge is 2.04. The summed E-state index contributed by atoms with van der Waals surface area (Å²) in [5, 5.41) is 11.2. The summed E-state index contributed by atoms with van der Waals surface area (Å²) in [6.07, 6.45) is 10.9. The average Bonchev–Trinajstić information content (AvgIpc) is 3.25. The van der Waals surface area contributed by atoms with Crippen LogP contribution in [-0.2, 0) is 68.1 Å². The predicted octanol–water partition coefficient (Wildman–Crippen LogP) is 4.91. The Bertz CT molecular complexity index is 1050. The molecule has 0 fully saturated rings. The number of amides is 1. The molecule has 1 aromatic rings. The molecule has 0 saturated carbocycles. The molecule has 1 amide bonds. The second-order valence-electron chi connectivity index (χ2n) is 13.7. The van der Waals surface area contributed by atoms with Crippen molar-refractivity contribution in [3.05, 3.63) is 29.8 Å². The van der Waals surface area contributed by atoms with E-state index in [1.807, 2.05) is 12.1 Å². The number of hydrogen-bond donors (Lipinski definition) is 2. The topological polar surface area (TPSA) is 177 Å². The first-order chi connectivity index (χ1) is 29.6. The standard InChI is InChI=1S/C44H79NO15/c1-2-3-4-5-6-7-8-10-41-11-13-42(14-12-41)60-40-39-59-38-37-58-36-35-57-34-33-56-32-31-55-30-29-54-28-27-53-26-25-52-24-23-51-22-21-50-20-19-49-18-9-17-45-43(46)15-16-44(47)48/h11-14H,2-10,15-40H2,1H3,(H,45,46)(H,47,48). The Morgan fingerprint density at radius 1 is 0.433 bits per heavy atom. The quantitative estimate of drug-likeness (QED) is 0.0845. The first-order valence-electron chi connectivity index (χ1n) is 22.2. The lowest BCUT2D eigenvalue weighted by Crippen LogP contribution is -2.25. The van der Waals surface area contributed by atoms with E-state index >= 15 is 0 Å². The van der Waals surface area contributed by atoms with Crippen LogP contribution in [0.3, 0.4) is 0 Å². The van der Waals surface area contributed by atoms with Crippen molar-refractivity contribution >= 4 is 11.9 Å².